The summed E-state index contributed by atoms with van der Waals surface area (Å²) in [5, 5.41) is 7.50. The summed E-state index contributed by atoms with van der Waals surface area (Å²) in [6.45, 7) is 2.03. The first kappa shape index (κ1) is 8.68. The summed E-state index contributed by atoms with van der Waals surface area (Å²) in [6, 6.07) is 6.10. The molecule has 0 aliphatic heterocycles. The predicted octanol–water partition coefficient (Wildman–Crippen LogP) is 2.65. The van der Waals surface area contributed by atoms with Crippen LogP contribution in [0, 0.1) is 10.5 Å². The fourth-order valence-electron chi connectivity index (χ4n) is 1.16. The first-order valence-electron chi connectivity index (χ1n) is 3.80. The fraction of sp³-hybridized carbons (Fsp3) is 0.111. The van der Waals surface area contributed by atoms with E-state index in [1.54, 1.807) is 0 Å². The zero-order valence-electron chi connectivity index (χ0n) is 6.99. The van der Waals surface area contributed by atoms with Crippen molar-refractivity contribution >= 4 is 22.6 Å². The molecule has 0 N–H and O–H groups in total. The minimum Gasteiger partial charge on any atom is -0.423 e. The quantitative estimate of drug-likeness (QED) is 0.756. The summed E-state index contributed by atoms with van der Waals surface area (Å²) in [5.41, 5.74) is 2.15. The third-order valence-corrected chi connectivity index (χ3v) is 2.45. The van der Waals surface area contributed by atoms with Crippen LogP contribution < -0.4 is 0 Å². The molecular formula is C9H7IN2O. The van der Waals surface area contributed by atoms with E-state index in [2.05, 4.69) is 38.9 Å². The number of benzene rings is 1. The van der Waals surface area contributed by atoms with Gasteiger partial charge in [0.15, 0.2) is 0 Å². The molecule has 0 saturated heterocycles. The van der Waals surface area contributed by atoms with Crippen LogP contribution in [0.3, 0.4) is 0 Å². The zero-order chi connectivity index (χ0) is 9.26. The Labute approximate surface area is 89.3 Å². The Hall–Kier alpha value is -0.910. The van der Waals surface area contributed by atoms with E-state index in [0.29, 0.717) is 5.89 Å². The molecule has 1 aromatic carbocycles. The predicted molar refractivity (Wildman–Crippen MR) is 57.2 cm³/mol. The van der Waals surface area contributed by atoms with E-state index >= 15 is 0 Å². The highest BCUT2D eigenvalue weighted by atomic mass is 127. The minimum atomic E-state index is 0.578. The van der Waals surface area contributed by atoms with Crippen LogP contribution in [0.4, 0.5) is 0 Å². The first-order chi connectivity index (χ1) is 6.27. The summed E-state index contributed by atoms with van der Waals surface area (Å²) in [6.07, 6.45) is 1.34. The lowest BCUT2D eigenvalue weighted by molar-refractivity contribution is 0.568. The second kappa shape index (κ2) is 3.45. The lowest BCUT2D eigenvalue weighted by atomic mass is 10.1. The van der Waals surface area contributed by atoms with E-state index in [9.17, 15) is 0 Å². The van der Waals surface area contributed by atoms with Crippen molar-refractivity contribution in [3.63, 3.8) is 0 Å². The van der Waals surface area contributed by atoms with Crippen LogP contribution >= 0.6 is 22.6 Å². The number of halogens is 1. The normalized spacial score (nSPS) is 10.3. The van der Waals surface area contributed by atoms with Crippen molar-refractivity contribution in [3.05, 3.63) is 33.7 Å². The number of aromatic nitrogens is 2. The summed E-state index contributed by atoms with van der Waals surface area (Å²) in [7, 11) is 0. The van der Waals surface area contributed by atoms with Gasteiger partial charge in [0.2, 0.25) is 12.3 Å². The molecule has 13 heavy (non-hydrogen) atoms. The lowest BCUT2D eigenvalue weighted by Gasteiger charge is -2.00. The van der Waals surface area contributed by atoms with Crippen molar-refractivity contribution in [1.82, 2.24) is 10.2 Å². The molecule has 1 heterocycles. The molecule has 0 saturated carbocycles. The van der Waals surface area contributed by atoms with Crippen molar-refractivity contribution in [2.24, 2.45) is 0 Å². The van der Waals surface area contributed by atoms with Crippen molar-refractivity contribution < 1.29 is 4.42 Å². The second-order valence-electron chi connectivity index (χ2n) is 2.70. The highest BCUT2D eigenvalue weighted by Crippen LogP contribution is 2.22. The molecule has 0 atom stereocenters. The van der Waals surface area contributed by atoms with Crippen LogP contribution in [0.1, 0.15) is 5.56 Å². The largest absolute Gasteiger partial charge is 0.423 e. The molecule has 1 aromatic heterocycles. The van der Waals surface area contributed by atoms with Gasteiger partial charge in [0, 0.05) is 9.13 Å². The molecule has 2 aromatic rings. The Kier molecular flexibility index (Phi) is 2.30. The number of rotatable bonds is 1. The molecular weight excluding hydrogens is 279 g/mol. The average Bonchev–Trinajstić information content (AvgIpc) is 2.56. The Morgan fingerprint density at radius 3 is 2.85 bits per heavy atom. The van der Waals surface area contributed by atoms with Crippen molar-refractivity contribution in [3.8, 4) is 11.5 Å². The van der Waals surface area contributed by atoms with Gasteiger partial charge in [-0.1, -0.05) is 0 Å². The van der Waals surface area contributed by atoms with Gasteiger partial charge in [-0.05, 0) is 53.3 Å². The van der Waals surface area contributed by atoms with Gasteiger partial charge >= 0.3 is 0 Å². The van der Waals surface area contributed by atoms with Crippen molar-refractivity contribution in [2.45, 2.75) is 6.92 Å². The molecule has 0 unspecified atom stereocenters. The third-order valence-electron chi connectivity index (χ3n) is 1.78. The van der Waals surface area contributed by atoms with E-state index in [1.165, 1.54) is 9.96 Å². The van der Waals surface area contributed by atoms with Gasteiger partial charge in [0.05, 0.1) is 0 Å². The highest BCUT2D eigenvalue weighted by Gasteiger charge is 2.06. The Morgan fingerprint density at radius 2 is 2.23 bits per heavy atom. The standard InChI is InChI=1S/C9H7IN2O/c1-6-4-7(10)2-3-8(6)9-12-11-5-13-9/h2-5H,1H3. The second-order valence-corrected chi connectivity index (χ2v) is 3.95. The van der Waals surface area contributed by atoms with Crippen LogP contribution in [0.5, 0.6) is 0 Å². The van der Waals surface area contributed by atoms with Gasteiger partial charge in [-0.3, -0.25) is 0 Å². The molecule has 0 amide bonds. The van der Waals surface area contributed by atoms with Crippen molar-refractivity contribution in [1.29, 1.82) is 0 Å². The molecule has 66 valence electrons. The van der Waals surface area contributed by atoms with E-state index in [-0.39, 0.29) is 0 Å². The minimum absolute atomic E-state index is 0.578. The molecule has 0 fully saturated rings. The smallest absolute Gasteiger partial charge is 0.247 e. The lowest BCUT2D eigenvalue weighted by Crippen LogP contribution is -1.84. The van der Waals surface area contributed by atoms with Gasteiger partial charge in [-0.2, -0.15) is 0 Å². The Balaban J connectivity index is 2.53. The Morgan fingerprint density at radius 1 is 1.38 bits per heavy atom. The van der Waals surface area contributed by atoms with Crippen molar-refractivity contribution in [2.75, 3.05) is 0 Å². The van der Waals surface area contributed by atoms with Gasteiger partial charge in [-0.25, -0.2) is 0 Å². The fourth-order valence-corrected chi connectivity index (χ4v) is 1.80. The number of hydrogen-bond donors (Lipinski definition) is 0. The molecule has 0 aliphatic rings. The van der Waals surface area contributed by atoms with Crippen LogP contribution in [-0.2, 0) is 0 Å². The monoisotopic (exact) mass is 286 g/mol. The maximum absolute atomic E-state index is 5.12. The summed E-state index contributed by atoms with van der Waals surface area (Å²) < 4.78 is 6.32. The van der Waals surface area contributed by atoms with Crippen LogP contribution in [0.15, 0.2) is 29.0 Å². The van der Waals surface area contributed by atoms with Crippen LogP contribution in [0.25, 0.3) is 11.5 Å². The molecule has 0 spiro atoms. The van der Waals surface area contributed by atoms with Crippen LogP contribution in [0.2, 0.25) is 0 Å². The van der Waals surface area contributed by atoms with Gasteiger partial charge in [0.25, 0.3) is 0 Å². The maximum Gasteiger partial charge on any atom is 0.247 e. The molecule has 0 aliphatic carbocycles. The van der Waals surface area contributed by atoms with Gasteiger partial charge in [-0.15, -0.1) is 10.2 Å². The molecule has 2 rings (SSSR count). The SMILES string of the molecule is Cc1cc(I)ccc1-c1nnco1. The third kappa shape index (κ3) is 1.72. The number of aryl methyl sites for hydroxylation is 1. The number of hydrogen-bond acceptors (Lipinski definition) is 3. The van der Waals surface area contributed by atoms with Gasteiger partial charge in [0.1, 0.15) is 0 Å². The first-order valence-corrected chi connectivity index (χ1v) is 4.88. The summed E-state index contributed by atoms with van der Waals surface area (Å²) >= 11 is 2.27. The van der Waals surface area contributed by atoms with Crippen LogP contribution in [-0.4, -0.2) is 10.2 Å². The summed E-state index contributed by atoms with van der Waals surface area (Å²) in [5.74, 6) is 0.578. The molecule has 3 nitrogen and oxygen atoms in total. The van der Waals surface area contributed by atoms with E-state index in [4.69, 9.17) is 4.42 Å². The molecule has 0 radical (unpaired) electrons. The maximum atomic E-state index is 5.12. The molecule has 0 bridgehead atoms. The number of nitrogens with zero attached hydrogens (tertiary/aromatic N) is 2. The average molecular weight is 286 g/mol. The topological polar surface area (TPSA) is 38.9 Å². The van der Waals surface area contributed by atoms with E-state index in [1.807, 2.05) is 19.1 Å². The Bertz CT molecular complexity index is 412. The van der Waals surface area contributed by atoms with E-state index < -0.39 is 0 Å². The van der Waals surface area contributed by atoms with E-state index in [0.717, 1.165) is 11.1 Å². The molecule has 4 heteroatoms. The summed E-state index contributed by atoms with van der Waals surface area (Å²) in [4.78, 5) is 0. The highest BCUT2D eigenvalue weighted by molar-refractivity contribution is 14.1. The van der Waals surface area contributed by atoms with Gasteiger partial charge < -0.3 is 4.42 Å². The zero-order valence-corrected chi connectivity index (χ0v) is 9.15.